The molecule has 140 valence electrons. The molecule has 26 heavy (non-hydrogen) atoms. The van der Waals surface area contributed by atoms with Gasteiger partial charge in [0.25, 0.3) is 5.91 Å². The minimum Gasteiger partial charge on any atom is -0.355 e. The van der Waals surface area contributed by atoms with Crippen LogP contribution in [0.25, 0.3) is 0 Å². The number of hydrogen-bond donors (Lipinski definition) is 2. The molecular formula is C20H27N3O3. The van der Waals surface area contributed by atoms with E-state index in [1.165, 1.54) is 0 Å². The maximum absolute atomic E-state index is 13.2. The van der Waals surface area contributed by atoms with E-state index in [9.17, 15) is 14.4 Å². The molecule has 1 aliphatic heterocycles. The van der Waals surface area contributed by atoms with Crippen LogP contribution in [0.4, 0.5) is 4.79 Å². The summed E-state index contributed by atoms with van der Waals surface area (Å²) in [6, 6.07) is 7.31. The van der Waals surface area contributed by atoms with Gasteiger partial charge in [0.1, 0.15) is 12.1 Å². The molecule has 6 heteroatoms. The highest BCUT2D eigenvalue weighted by Crippen LogP contribution is 2.38. The van der Waals surface area contributed by atoms with E-state index in [4.69, 9.17) is 0 Å². The molecule has 3 rings (SSSR count). The van der Waals surface area contributed by atoms with Crippen molar-refractivity contribution in [2.24, 2.45) is 5.92 Å². The summed E-state index contributed by atoms with van der Waals surface area (Å²) in [5.74, 6) is -0.123. The van der Waals surface area contributed by atoms with Gasteiger partial charge in [-0.25, -0.2) is 4.79 Å². The highest BCUT2D eigenvalue weighted by atomic mass is 16.2. The molecule has 1 aromatic rings. The van der Waals surface area contributed by atoms with E-state index in [0.717, 1.165) is 41.7 Å². The van der Waals surface area contributed by atoms with E-state index in [1.54, 1.807) is 0 Å². The van der Waals surface area contributed by atoms with Crippen molar-refractivity contribution in [3.05, 3.63) is 35.4 Å². The second kappa shape index (κ2) is 7.48. The van der Waals surface area contributed by atoms with Gasteiger partial charge in [-0.05, 0) is 49.1 Å². The molecule has 1 spiro atoms. The number of nitrogens with one attached hydrogen (secondary N) is 2. The first-order valence-corrected chi connectivity index (χ1v) is 9.43. The third-order valence-corrected chi connectivity index (χ3v) is 5.25. The lowest BCUT2D eigenvalue weighted by atomic mass is 9.84. The van der Waals surface area contributed by atoms with Crippen molar-refractivity contribution >= 4 is 17.8 Å². The molecule has 1 saturated heterocycles. The topological polar surface area (TPSA) is 78.5 Å². The number of carbonyl (C=O) groups is 3. The Labute approximate surface area is 154 Å². The Morgan fingerprint density at radius 3 is 2.81 bits per heavy atom. The molecule has 1 aromatic carbocycles. The zero-order valence-corrected chi connectivity index (χ0v) is 15.5. The lowest BCUT2D eigenvalue weighted by Gasteiger charge is -2.27. The van der Waals surface area contributed by atoms with Gasteiger partial charge in [0.15, 0.2) is 0 Å². The van der Waals surface area contributed by atoms with Crippen LogP contribution >= 0.6 is 0 Å². The van der Waals surface area contributed by atoms with Gasteiger partial charge in [-0.2, -0.15) is 0 Å². The summed E-state index contributed by atoms with van der Waals surface area (Å²) in [5, 5.41) is 5.69. The van der Waals surface area contributed by atoms with E-state index in [2.05, 4.69) is 24.5 Å². The minimum absolute atomic E-state index is 0.229. The van der Waals surface area contributed by atoms with Gasteiger partial charge in [0.2, 0.25) is 5.91 Å². The van der Waals surface area contributed by atoms with Gasteiger partial charge in [-0.3, -0.25) is 14.5 Å². The fourth-order valence-electron chi connectivity index (χ4n) is 3.82. The van der Waals surface area contributed by atoms with Crippen LogP contribution in [0.15, 0.2) is 24.3 Å². The lowest BCUT2D eigenvalue weighted by molar-refractivity contribution is -0.135. The number of imide groups is 1. The number of amides is 4. The van der Waals surface area contributed by atoms with Gasteiger partial charge in [0.05, 0.1) is 0 Å². The Bertz CT molecular complexity index is 716. The molecule has 0 unspecified atom stereocenters. The molecule has 0 aromatic heterocycles. The first kappa shape index (κ1) is 18.4. The molecule has 0 bridgehead atoms. The molecule has 0 radical (unpaired) electrons. The smallest absolute Gasteiger partial charge is 0.325 e. The van der Waals surface area contributed by atoms with Gasteiger partial charge < -0.3 is 10.6 Å². The first-order valence-electron chi connectivity index (χ1n) is 9.43. The zero-order valence-electron chi connectivity index (χ0n) is 15.5. The fraction of sp³-hybridized carbons (Fsp3) is 0.550. The summed E-state index contributed by atoms with van der Waals surface area (Å²) in [7, 11) is 0. The molecule has 2 N–H and O–H groups in total. The molecule has 0 saturated carbocycles. The second-order valence-corrected chi connectivity index (χ2v) is 7.62. The van der Waals surface area contributed by atoms with Crippen molar-refractivity contribution in [2.75, 3.05) is 13.1 Å². The van der Waals surface area contributed by atoms with E-state index in [0.29, 0.717) is 18.9 Å². The Kier molecular flexibility index (Phi) is 5.30. The van der Waals surface area contributed by atoms with E-state index < -0.39 is 11.6 Å². The molecule has 1 fully saturated rings. The van der Waals surface area contributed by atoms with Crippen molar-refractivity contribution < 1.29 is 14.4 Å². The van der Waals surface area contributed by atoms with Crippen LogP contribution in [-0.4, -0.2) is 35.8 Å². The van der Waals surface area contributed by atoms with Crippen molar-refractivity contribution in [3.63, 3.8) is 0 Å². The Balaban J connectivity index is 1.78. The number of aryl methyl sites for hydroxylation is 1. The average molecular weight is 357 g/mol. The number of urea groups is 1. The lowest BCUT2D eigenvalue weighted by Crippen LogP contribution is -2.45. The highest BCUT2D eigenvalue weighted by molar-refractivity contribution is 6.09. The summed E-state index contributed by atoms with van der Waals surface area (Å²) >= 11 is 0. The number of benzene rings is 1. The van der Waals surface area contributed by atoms with Crippen LogP contribution < -0.4 is 10.6 Å². The SMILES string of the molecule is CC(C)CCNC(=O)CN1C(=O)N[C@]2(CCCCc3ccccc32)C1=O. The Morgan fingerprint density at radius 2 is 2.04 bits per heavy atom. The molecule has 1 aliphatic carbocycles. The second-order valence-electron chi connectivity index (χ2n) is 7.62. The third-order valence-electron chi connectivity index (χ3n) is 5.25. The molecular weight excluding hydrogens is 330 g/mol. The van der Waals surface area contributed by atoms with Crippen molar-refractivity contribution in [1.82, 2.24) is 15.5 Å². The molecule has 1 atom stereocenters. The highest BCUT2D eigenvalue weighted by Gasteiger charge is 2.53. The number of hydrogen-bond acceptors (Lipinski definition) is 3. The maximum atomic E-state index is 13.2. The van der Waals surface area contributed by atoms with Crippen LogP contribution in [0.2, 0.25) is 0 Å². The van der Waals surface area contributed by atoms with Crippen molar-refractivity contribution in [1.29, 1.82) is 0 Å². The monoisotopic (exact) mass is 357 g/mol. The number of carbonyl (C=O) groups excluding carboxylic acids is 3. The summed E-state index contributed by atoms with van der Waals surface area (Å²) < 4.78 is 0. The standard InChI is InChI=1S/C20H27N3O3/c1-14(2)10-12-21-17(24)13-23-18(25)20(22-19(23)26)11-6-5-8-15-7-3-4-9-16(15)20/h3-4,7,9,14H,5-6,8,10-13H2,1-2H3,(H,21,24)(H,22,26)/t20-/m0/s1. The fourth-order valence-corrected chi connectivity index (χ4v) is 3.82. The summed E-state index contributed by atoms with van der Waals surface area (Å²) in [6.07, 6.45) is 4.17. The largest absolute Gasteiger partial charge is 0.355 e. The zero-order chi connectivity index (χ0) is 18.7. The number of fused-ring (bicyclic) bond motifs is 2. The van der Waals surface area contributed by atoms with Crippen LogP contribution in [0.1, 0.15) is 50.7 Å². The normalized spacial score (nSPS) is 22.3. The summed E-state index contributed by atoms with van der Waals surface area (Å²) in [5.41, 5.74) is 0.947. The van der Waals surface area contributed by atoms with E-state index >= 15 is 0 Å². The van der Waals surface area contributed by atoms with E-state index in [-0.39, 0.29) is 18.4 Å². The molecule has 6 nitrogen and oxygen atoms in total. The summed E-state index contributed by atoms with van der Waals surface area (Å²) in [4.78, 5) is 38.9. The first-order chi connectivity index (χ1) is 12.4. The van der Waals surface area contributed by atoms with Crippen molar-refractivity contribution in [3.8, 4) is 0 Å². The third kappa shape index (κ3) is 3.45. The number of nitrogens with zero attached hydrogens (tertiary/aromatic N) is 1. The van der Waals surface area contributed by atoms with E-state index in [1.807, 2.05) is 24.3 Å². The average Bonchev–Trinajstić information content (AvgIpc) is 2.74. The van der Waals surface area contributed by atoms with Crippen LogP contribution in [0.3, 0.4) is 0 Å². The van der Waals surface area contributed by atoms with Gasteiger partial charge >= 0.3 is 6.03 Å². The molecule has 2 aliphatic rings. The Hall–Kier alpha value is -2.37. The Morgan fingerprint density at radius 1 is 1.27 bits per heavy atom. The van der Waals surface area contributed by atoms with Gasteiger partial charge in [-0.1, -0.05) is 38.1 Å². The predicted octanol–water partition coefficient (Wildman–Crippen LogP) is 2.32. The van der Waals surface area contributed by atoms with Gasteiger partial charge in [-0.15, -0.1) is 0 Å². The van der Waals surface area contributed by atoms with Crippen LogP contribution in [0, 0.1) is 5.92 Å². The maximum Gasteiger partial charge on any atom is 0.325 e. The van der Waals surface area contributed by atoms with Crippen LogP contribution in [-0.2, 0) is 21.5 Å². The minimum atomic E-state index is -1.03. The van der Waals surface area contributed by atoms with Crippen LogP contribution in [0.5, 0.6) is 0 Å². The summed E-state index contributed by atoms with van der Waals surface area (Å²) in [6.45, 7) is 4.48. The van der Waals surface area contributed by atoms with Gasteiger partial charge in [0, 0.05) is 6.54 Å². The molecule has 4 amide bonds. The van der Waals surface area contributed by atoms with Crippen molar-refractivity contribution in [2.45, 2.75) is 51.5 Å². The quantitative estimate of drug-likeness (QED) is 0.794. The number of rotatable bonds is 5. The predicted molar refractivity (Wildman–Crippen MR) is 98.4 cm³/mol. The molecule has 1 heterocycles.